The normalized spacial score (nSPS) is 14.3. The van der Waals surface area contributed by atoms with Crippen molar-refractivity contribution in [2.24, 2.45) is 5.92 Å². The number of rotatable bonds is 4. The van der Waals surface area contributed by atoms with E-state index in [1.807, 2.05) is 13.3 Å². The smallest absolute Gasteiger partial charge is 0.0569 e. The van der Waals surface area contributed by atoms with Crippen molar-refractivity contribution >= 4 is 0 Å². The van der Waals surface area contributed by atoms with Crippen molar-refractivity contribution in [3.63, 3.8) is 0 Å². The molecule has 1 unspecified atom stereocenters. The Kier molecular flexibility index (Phi) is 4.78. The van der Waals surface area contributed by atoms with Crippen LogP contribution in [0.1, 0.15) is 33.6 Å². The monoisotopic (exact) mass is 129 g/mol. The van der Waals surface area contributed by atoms with E-state index in [0.29, 0.717) is 5.92 Å². The Morgan fingerprint density at radius 2 is 1.89 bits per heavy atom. The second-order valence-corrected chi connectivity index (χ2v) is 2.87. The molecule has 1 N–H and O–H groups in total. The number of aliphatic hydroxyl groups excluding tert-OH is 1. The fraction of sp³-hybridized carbons (Fsp3) is 0.875. The highest BCUT2D eigenvalue weighted by Gasteiger charge is 2.01. The molecule has 1 heteroatoms. The van der Waals surface area contributed by atoms with Crippen LogP contribution < -0.4 is 0 Å². The third kappa shape index (κ3) is 5.84. The minimum Gasteiger partial charge on any atom is -0.393 e. The lowest BCUT2D eigenvalue weighted by Gasteiger charge is -2.08. The topological polar surface area (TPSA) is 20.2 Å². The van der Waals surface area contributed by atoms with Gasteiger partial charge < -0.3 is 5.11 Å². The molecule has 0 fully saturated rings. The van der Waals surface area contributed by atoms with Crippen molar-refractivity contribution in [1.29, 1.82) is 0 Å². The Hall–Kier alpha value is -0.0400. The Morgan fingerprint density at radius 3 is 2.22 bits per heavy atom. The molecule has 0 amide bonds. The number of hydrogen-bond donors (Lipinski definition) is 1. The van der Waals surface area contributed by atoms with Crippen LogP contribution in [-0.4, -0.2) is 11.2 Å². The molecule has 0 rings (SSSR count). The first-order chi connectivity index (χ1) is 4.16. The van der Waals surface area contributed by atoms with Crippen LogP contribution in [0, 0.1) is 12.3 Å². The van der Waals surface area contributed by atoms with E-state index in [2.05, 4.69) is 13.8 Å². The maximum absolute atomic E-state index is 9.05. The molecule has 0 aromatic heterocycles. The molecule has 1 atom stereocenters. The first-order valence-corrected chi connectivity index (χ1v) is 3.64. The molecule has 0 saturated carbocycles. The van der Waals surface area contributed by atoms with Gasteiger partial charge >= 0.3 is 0 Å². The van der Waals surface area contributed by atoms with E-state index in [0.717, 1.165) is 12.8 Å². The third-order valence-corrected chi connectivity index (χ3v) is 1.42. The maximum Gasteiger partial charge on any atom is 0.0569 e. The predicted molar refractivity (Wildman–Crippen MR) is 40.1 cm³/mol. The Morgan fingerprint density at radius 1 is 1.33 bits per heavy atom. The Labute approximate surface area is 58.1 Å². The van der Waals surface area contributed by atoms with Crippen molar-refractivity contribution in [2.75, 3.05) is 0 Å². The van der Waals surface area contributed by atoms with Crippen LogP contribution in [0.3, 0.4) is 0 Å². The van der Waals surface area contributed by atoms with Crippen LogP contribution in [0.15, 0.2) is 0 Å². The molecule has 1 nitrogen and oxygen atoms in total. The molecule has 0 aliphatic carbocycles. The Bertz CT molecular complexity index is 59.6. The summed E-state index contributed by atoms with van der Waals surface area (Å²) in [5, 5.41) is 9.05. The van der Waals surface area contributed by atoms with Crippen LogP contribution in [0.4, 0.5) is 0 Å². The summed E-state index contributed by atoms with van der Waals surface area (Å²) in [6.45, 7) is 6.23. The predicted octanol–water partition coefficient (Wildman–Crippen LogP) is 2.01. The molecule has 0 bridgehead atoms. The van der Waals surface area contributed by atoms with Gasteiger partial charge in [-0.05, 0) is 25.2 Å². The minimum absolute atomic E-state index is 0.188. The van der Waals surface area contributed by atoms with Crippen LogP contribution >= 0.6 is 0 Å². The standard InChI is InChI=1S/C8H17O/c1-4-8(9)6-5-7(2)3/h4,7-9H,5-6H2,1-3H3. The molecule has 0 aliphatic heterocycles. The van der Waals surface area contributed by atoms with Gasteiger partial charge in [0.15, 0.2) is 0 Å². The van der Waals surface area contributed by atoms with Crippen molar-refractivity contribution in [2.45, 2.75) is 39.7 Å². The summed E-state index contributed by atoms with van der Waals surface area (Å²) >= 11 is 0. The van der Waals surface area contributed by atoms with Crippen LogP contribution in [0.2, 0.25) is 0 Å². The molecular formula is C8H17O. The van der Waals surface area contributed by atoms with E-state index in [1.165, 1.54) is 0 Å². The minimum atomic E-state index is -0.188. The van der Waals surface area contributed by atoms with Crippen LogP contribution in [0.5, 0.6) is 0 Å². The highest BCUT2D eigenvalue weighted by molar-refractivity contribution is 4.69. The lowest BCUT2D eigenvalue weighted by atomic mass is 10.0. The lowest BCUT2D eigenvalue weighted by molar-refractivity contribution is 0.188. The van der Waals surface area contributed by atoms with E-state index >= 15 is 0 Å². The van der Waals surface area contributed by atoms with Crippen molar-refractivity contribution in [3.05, 3.63) is 6.42 Å². The second-order valence-electron chi connectivity index (χ2n) is 2.87. The Balaban J connectivity index is 3.06. The summed E-state index contributed by atoms with van der Waals surface area (Å²) in [6.07, 6.45) is 3.68. The van der Waals surface area contributed by atoms with Gasteiger partial charge in [0, 0.05) is 0 Å². The first kappa shape index (κ1) is 8.96. The van der Waals surface area contributed by atoms with Gasteiger partial charge in [-0.3, -0.25) is 0 Å². The summed E-state index contributed by atoms with van der Waals surface area (Å²) in [7, 11) is 0. The molecule has 9 heavy (non-hydrogen) atoms. The van der Waals surface area contributed by atoms with Crippen molar-refractivity contribution < 1.29 is 5.11 Å². The van der Waals surface area contributed by atoms with Gasteiger partial charge in [0.05, 0.1) is 6.10 Å². The summed E-state index contributed by atoms with van der Waals surface area (Å²) < 4.78 is 0. The molecule has 0 aliphatic rings. The summed E-state index contributed by atoms with van der Waals surface area (Å²) in [5.74, 6) is 0.708. The lowest BCUT2D eigenvalue weighted by Crippen LogP contribution is -2.06. The van der Waals surface area contributed by atoms with Crippen LogP contribution in [-0.2, 0) is 0 Å². The summed E-state index contributed by atoms with van der Waals surface area (Å²) in [4.78, 5) is 0. The van der Waals surface area contributed by atoms with Gasteiger partial charge in [-0.1, -0.05) is 20.8 Å². The van der Waals surface area contributed by atoms with Gasteiger partial charge in [-0.2, -0.15) is 0 Å². The number of hydrogen-bond acceptors (Lipinski definition) is 1. The third-order valence-electron chi connectivity index (χ3n) is 1.42. The highest BCUT2D eigenvalue weighted by atomic mass is 16.3. The SMILES string of the molecule is C[CH]C(O)CCC(C)C. The van der Waals surface area contributed by atoms with Gasteiger partial charge in [0.2, 0.25) is 0 Å². The first-order valence-electron chi connectivity index (χ1n) is 3.64. The van der Waals surface area contributed by atoms with E-state index < -0.39 is 0 Å². The number of aliphatic hydroxyl groups is 1. The molecule has 0 heterocycles. The van der Waals surface area contributed by atoms with Gasteiger partial charge in [-0.15, -0.1) is 0 Å². The molecule has 1 radical (unpaired) electrons. The van der Waals surface area contributed by atoms with Gasteiger partial charge in [0.25, 0.3) is 0 Å². The fourth-order valence-corrected chi connectivity index (χ4v) is 0.671. The van der Waals surface area contributed by atoms with Crippen molar-refractivity contribution in [3.8, 4) is 0 Å². The fourth-order valence-electron chi connectivity index (χ4n) is 0.671. The molecule has 55 valence electrons. The summed E-state index contributed by atoms with van der Waals surface area (Å²) in [5.41, 5.74) is 0. The molecule has 0 aromatic carbocycles. The van der Waals surface area contributed by atoms with E-state index in [4.69, 9.17) is 5.11 Å². The zero-order valence-corrected chi connectivity index (χ0v) is 6.59. The second kappa shape index (κ2) is 4.80. The largest absolute Gasteiger partial charge is 0.393 e. The molecule has 0 spiro atoms. The average molecular weight is 129 g/mol. The molecule has 0 saturated heterocycles. The summed E-state index contributed by atoms with van der Waals surface area (Å²) in [6, 6.07) is 0. The molecule has 0 aromatic rings. The van der Waals surface area contributed by atoms with Gasteiger partial charge in [-0.25, -0.2) is 0 Å². The van der Waals surface area contributed by atoms with Gasteiger partial charge in [0.1, 0.15) is 0 Å². The maximum atomic E-state index is 9.05. The van der Waals surface area contributed by atoms with E-state index in [9.17, 15) is 0 Å². The zero-order valence-electron chi connectivity index (χ0n) is 6.59. The average Bonchev–Trinajstić information content (AvgIpc) is 1.83. The van der Waals surface area contributed by atoms with Crippen molar-refractivity contribution in [1.82, 2.24) is 0 Å². The molecular weight excluding hydrogens is 112 g/mol. The zero-order chi connectivity index (χ0) is 7.28. The van der Waals surface area contributed by atoms with E-state index in [1.54, 1.807) is 0 Å². The highest BCUT2D eigenvalue weighted by Crippen LogP contribution is 2.07. The quantitative estimate of drug-likeness (QED) is 0.615. The van der Waals surface area contributed by atoms with E-state index in [-0.39, 0.29) is 6.10 Å². The van der Waals surface area contributed by atoms with Crippen LogP contribution in [0.25, 0.3) is 0 Å².